The molecule has 1 N–H and O–H groups in total. The van der Waals surface area contributed by atoms with Gasteiger partial charge in [0.15, 0.2) is 0 Å². The largest absolute Gasteiger partial charge is 0.353 e. The third-order valence-electron chi connectivity index (χ3n) is 5.08. The van der Waals surface area contributed by atoms with Crippen molar-refractivity contribution in [2.24, 2.45) is 0 Å². The number of hydrogen-bond acceptors (Lipinski definition) is 5. The van der Waals surface area contributed by atoms with E-state index in [1.807, 2.05) is 19.9 Å². The predicted octanol–water partition coefficient (Wildman–Crippen LogP) is 3.00. The van der Waals surface area contributed by atoms with Crippen LogP contribution in [-0.2, 0) is 17.8 Å². The zero-order chi connectivity index (χ0) is 19.2. The Balaban J connectivity index is 1.62. The van der Waals surface area contributed by atoms with Crippen molar-refractivity contribution in [1.29, 1.82) is 0 Å². The second-order valence-electron chi connectivity index (χ2n) is 7.26. The summed E-state index contributed by atoms with van der Waals surface area (Å²) in [6, 6.07) is 3.92. The third-order valence-corrected chi connectivity index (χ3v) is 5.08. The van der Waals surface area contributed by atoms with E-state index in [-0.39, 0.29) is 17.3 Å². The maximum atomic E-state index is 12.7. The molecule has 2 aromatic rings. The molecule has 0 saturated heterocycles. The van der Waals surface area contributed by atoms with Crippen molar-refractivity contribution < 1.29 is 9.32 Å². The van der Waals surface area contributed by atoms with Crippen molar-refractivity contribution in [2.45, 2.75) is 77.8 Å². The molecule has 3 rings (SSSR count). The number of rotatable bonds is 7. The van der Waals surface area contributed by atoms with Crippen LogP contribution in [0.2, 0.25) is 0 Å². The molecule has 7 nitrogen and oxygen atoms in total. The lowest BCUT2D eigenvalue weighted by Crippen LogP contribution is -2.36. The van der Waals surface area contributed by atoms with Crippen molar-refractivity contribution in [2.75, 3.05) is 0 Å². The van der Waals surface area contributed by atoms with Gasteiger partial charge in [-0.25, -0.2) is 0 Å². The Morgan fingerprint density at radius 3 is 2.81 bits per heavy atom. The first kappa shape index (κ1) is 19.3. The summed E-state index contributed by atoms with van der Waals surface area (Å²) in [6.07, 6.45) is 7.32. The molecule has 2 heterocycles. The van der Waals surface area contributed by atoms with Crippen molar-refractivity contribution >= 4 is 5.91 Å². The normalized spacial score (nSPS) is 15.0. The summed E-state index contributed by atoms with van der Waals surface area (Å²) in [5.74, 6) is 0.681. The van der Waals surface area contributed by atoms with Gasteiger partial charge in [-0.3, -0.25) is 9.59 Å². The summed E-state index contributed by atoms with van der Waals surface area (Å²) in [5, 5.41) is 7.02. The van der Waals surface area contributed by atoms with Crippen LogP contribution in [0.15, 0.2) is 21.5 Å². The van der Waals surface area contributed by atoms with Gasteiger partial charge in [0.1, 0.15) is 0 Å². The first-order valence-corrected chi connectivity index (χ1v) is 9.91. The van der Waals surface area contributed by atoms with Gasteiger partial charge >= 0.3 is 0 Å². The van der Waals surface area contributed by atoms with Crippen molar-refractivity contribution in [1.82, 2.24) is 20.0 Å². The SMILES string of the molecule is CCCn1c(C)ccc(-c2noc(CCC(=O)NC3CCCCC3)n2)c1=O. The fourth-order valence-corrected chi connectivity index (χ4v) is 3.58. The number of nitrogens with zero attached hydrogens (tertiary/aromatic N) is 3. The summed E-state index contributed by atoms with van der Waals surface area (Å²) in [6.45, 7) is 4.60. The van der Waals surface area contributed by atoms with Crippen LogP contribution in [0.25, 0.3) is 11.4 Å². The molecule has 1 saturated carbocycles. The van der Waals surface area contributed by atoms with Gasteiger partial charge in [-0.15, -0.1) is 0 Å². The van der Waals surface area contributed by atoms with E-state index >= 15 is 0 Å². The van der Waals surface area contributed by atoms with Gasteiger partial charge in [0.2, 0.25) is 17.6 Å². The average Bonchev–Trinajstić information content (AvgIpc) is 3.13. The lowest BCUT2D eigenvalue weighted by molar-refractivity contribution is -0.122. The minimum atomic E-state index is -0.112. The lowest BCUT2D eigenvalue weighted by Gasteiger charge is -2.22. The molecule has 0 unspecified atom stereocenters. The second kappa shape index (κ2) is 8.97. The number of aromatic nitrogens is 3. The summed E-state index contributed by atoms with van der Waals surface area (Å²) in [4.78, 5) is 29.1. The number of pyridine rings is 1. The quantitative estimate of drug-likeness (QED) is 0.807. The Bertz CT molecular complexity index is 834. The number of hydrogen-bond donors (Lipinski definition) is 1. The molecular weight excluding hydrogens is 344 g/mol. The minimum absolute atomic E-state index is 0.0160. The number of carbonyl (C=O) groups is 1. The third kappa shape index (κ3) is 4.84. The summed E-state index contributed by atoms with van der Waals surface area (Å²) in [5.41, 5.74) is 1.23. The molecule has 1 fully saturated rings. The van der Waals surface area contributed by atoms with Crippen LogP contribution in [0.4, 0.5) is 0 Å². The molecule has 1 aliphatic rings. The molecule has 0 bridgehead atoms. The van der Waals surface area contributed by atoms with Gasteiger partial charge in [0.05, 0.1) is 5.56 Å². The molecule has 1 amide bonds. The molecule has 0 radical (unpaired) electrons. The van der Waals surface area contributed by atoms with Gasteiger partial charge in [0, 0.05) is 31.1 Å². The van der Waals surface area contributed by atoms with E-state index < -0.39 is 0 Å². The van der Waals surface area contributed by atoms with E-state index in [1.165, 1.54) is 19.3 Å². The Labute approximate surface area is 159 Å². The van der Waals surface area contributed by atoms with Crippen LogP contribution in [0.1, 0.15) is 63.5 Å². The monoisotopic (exact) mass is 372 g/mol. The second-order valence-corrected chi connectivity index (χ2v) is 7.26. The van der Waals surface area contributed by atoms with E-state index in [0.29, 0.717) is 36.9 Å². The van der Waals surface area contributed by atoms with Crippen molar-refractivity contribution in [3.63, 3.8) is 0 Å². The predicted molar refractivity (Wildman–Crippen MR) is 102 cm³/mol. The van der Waals surface area contributed by atoms with Crippen LogP contribution >= 0.6 is 0 Å². The highest BCUT2D eigenvalue weighted by molar-refractivity contribution is 5.76. The Morgan fingerprint density at radius 1 is 1.30 bits per heavy atom. The Morgan fingerprint density at radius 2 is 2.07 bits per heavy atom. The number of carbonyl (C=O) groups excluding carboxylic acids is 1. The van der Waals surface area contributed by atoms with Crippen molar-refractivity contribution in [3.05, 3.63) is 34.1 Å². The molecule has 0 aromatic carbocycles. The summed E-state index contributed by atoms with van der Waals surface area (Å²) in [7, 11) is 0. The van der Waals surface area contributed by atoms with Crippen molar-refractivity contribution in [3.8, 4) is 11.4 Å². The number of amides is 1. The highest BCUT2D eigenvalue weighted by Crippen LogP contribution is 2.18. The van der Waals surface area contributed by atoms with E-state index in [9.17, 15) is 9.59 Å². The Hall–Kier alpha value is -2.44. The standard InChI is InChI=1S/C20H28N4O3/c1-3-13-24-14(2)9-10-16(20(24)26)19-22-18(27-23-19)12-11-17(25)21-15-7-5-4-6-8-15/h9-10,15H,3-8,11-13H2,1-2H3,(H,21,25). The van der Waals surface area contributed by atoms with Crippen LogP contribution < -0.4 is 10.9 Å². The van der Waals surface area contributed by atoms with E-state index in [4.69, 9.17) is 4.52 Å². The van der Waals surface area contributed by atoms with Gasteiger partial charge in [-0.1, -0.05) is 31.3 Å². The molecule has 0 atom stereocenters. The minimum Gasteiger partial charge on any atom is -0.353 e. The maximum absolute atomic E-state index is 12.7. The zero-order valence-corrected chi connectivity index (χ0v) is 16.2. The molecule has 1 aliphatic carbocycles. The van der Waals surface area contributed by atoms with E-state index in [0.717, 1.165) is 25.0 Å². The maximum Gasteiger partial charge on any atom is 0.261 e. The van der Waals surface area contributed by atoms with E-state index in [2.05, 4.69) is 15.5 Å². The van der Waals surface area contributed by atoms with Crippen LogP contribution in [0.3, 0.4) is 0 Å². The lowest BCUT2D eigenvalue weighted by atomic mass is 9.95. The molecule has 7 heteroatoms. The number of nitrogens with one attached hydrogen (secondary N) is 1. The fraction of sp³-hybridized carbons (Fsp3) is 0.600. The summed E-state index contributed by atoms with van der Waals surface area (Å²) < 4.78 is 6.98. The molecule has 27 heavy (non-hydrogen) atoms. The molecule has 146 valence electrons. The fourth-order valence-electron chi connectivity index (χ4n) is 3.58. The van der Waals surface area contributed by atoms with Gasteiger partial charge in [0.25, 0.3) is 5.56 Å². The highest BCUT2D eigenvalue weighted by atomic mass is 16.5. The average molecular weight is 372 g/mol. The highest BCUT2D eigenvalue weighted by Gasteiger charge is 2.18. The van der Waals surface area contributed by atoms with Gasteiger partial charge in [-0.2, -0.15) is 4.98 Å². The van der Waals surface area contributed by atoms with Gasteiger partial charge < -0.3 is 14.4 Å². The van der Waals surface area contributed by atoms with Crippen LogP contribution in [0, 0.1) is 6.92 Å². The molecular formula is C20H28N4O3. The van der Waals surface area contributed by atoms with E-state index in [1.54, 1.807) is 10.6 Å². The first-order chi connectivity index (χ1) is 13.1. The summed E-state index contributed by atoms with van der Waals surface area (Å²) >= 11 is 0. The first-order valence-electron chi connectivity index (χ1n) is 9.91. The molecule has 0 spiro atoms. The molecule has 0 aliphatic heterocycles. The number of aryl methyl sites for hydroxylation is 2. The molecule has 2 aromatic heterocycles. The topological polar surface area (TPSA) is 90.0 Å². The van der Waals surface area contributed by atoms with Crippen LogP contribution in [-0.4, -0.2) is 26.7 Å². The van der Waals surface area contributed by atoms with Gasteiger partial charge in [-0.05, 0) is 38.3 Å². The Kier molecular flexibility index (Phi) is 6.42. The van der Waals surface area contributed by atoms with Crippen LogP contribution in [0.5, 0.6) is 0 Å². The zero-order valence-electron chi connectivity index (χ0n) is 16.2. The smallest absolute Gasteiger partial charge is 0.261 e.